The van der Waals surface area contributed by atoms with E-state index in [-0.39, 0.29) is 17.3 Å². The van der Waals surface area contributed by atoms with Crippen LogP contribution in [0.5, 0.6) is 0 Å². The van der Waals surface area contributed by atoms with Gasteiger partial charge < -0.3 is 10.4 Å². The maximum atomic E-state index is 12.1. The molecular formula is C17H13N3O4S2. The van der Waals surface area contributed by atoms with Gasteiger partial charge in [0.1, 0.15) is 0 Å². The molecule has 9 heteroatoms. The molecular weight excluding hydrogens is 374 g/mol. The molecule has 0 radical (unpaired) electrons. The van der Waals surface area contributed by atoms with E-state index in [0.717, 1.165) is 11.8 Å². The highest BCUT2D eigenvalue weighted by atomic mass is 32.2. The largest absolute Gasteiger partial charge is 0.478 e. The number of Topliss-reactive ketones (excluding diaryl/α,β-unsaturated/α-hetero) is 1. The van der Waals surface area contributed by atoms with E-state index in [1.807, 2.05) is 0 Å². The number of hydrogen-bond acceptors (Lipinski definition) is 7. The van der Waals surface area contributed by atoms with Crippen LogP contribution in [-0.4, -0.2) is 32.9 Å². The van der Waals surface area contributed by atoms with Gasteiger partial charge in [0.25, 0.3) is 5.91 Å². The van der Waals surface area contributed by atoms with Crippen LogP contribution in [0.3, 0.4) is 0 Å². The minimum atomic E-state index is -1.00. The first-order valence-electron chi connectivity index (χ1n) is 7.45. The highest BCUT2D eigenvalue weighted by molar-refractivity contribution is 8.18. The van der Waals surface area contributed by atoms with Crippen molar-refractivity contribution >= 4 is 57.1 Å². The summed E-state index contributed by atoms with van der Waals surface area (Å²) in [5.41, 5.74) is 1.50. The van der Waals surface area contributed by atoms with Crippen molar-refractivity contribution in [2.24, 2.45) is 4.99 Å². The van der Waals surface area contributed by atoms with E-state index in [0.29, 0.717) is 31.3 Å². The summed E-state index contributed by atoms with van der Waals surface area (Å²) in [6.45, 7) is 3.21. The molecule has 2 aromatic rings. The number of nitrogens with zero attached hydrogens (tertiary/aromatic N) is 2. The number of carboxylic acid groups (broad SMARTS) is 1. The lowest BCUT2D eigenvalue weighted by molar-refractivity contribution is -0.115. The van der Waals surface area contributed by atoms with E-state index in [4.69, 9.17) is 5.11 Å². The fourth-order valence-corrected chi connectivity index (χ4v) is 3.92. The van der Waals surface area contributed by atoms with Gasteiger partial charge in [-0.25, -0.2) is 9.78 Å². The lowest BCUT2D eigenvalue weighted by Gasteiger charge is -1.97. The van der Waals surface area contributed by atoms with E-state index in [2.05, 4.69) is 15.3 Å². The number of amides is 1. The number of carboxylic acids is 1. The first-order valence-corrected chi connectivity index (χ1v) is 9.08. The van der Waals surface area contributed by atoms with Gasteiger partial charge in [-0.2, -0.15) is 4.99 Å². The zero-order valence-corrected chi connectivity index (χ0v) is 15.4. The van der Waals surface area contributed by atoms with Crippen molar-refractivity contribution in [3.8, 4) is 0 Å². The molecule has 1 amide bonds. The number of rotatable bonds is 4. The van der Waals surface area contributed by atoms with Crippen molar-refractivity contribution in [2.75, 3.05) is 0 Å². The molecule has 3 rings (SSSR count). The Morgan fingerprint density at radius 3 is 2.54 bits per heavy atom. The Bertz CT molecular complexity index is 974. The summed E-state index contributed by atoms with van der Waals surface area (Å²) < 4.78 is 0. The van der Waals surface area contributed by atoms with Gasteiger partial charge in [0.15, 0.2) is 11.0 Å². The number of aromatic nitrogens is 1. The molecule has 1 aromatic carbocycles. The number of carbonyl (C=O) groups is 3. The summed E-state index contributed by atoms with van der Waals surface area (Å²) in [5.74, 6) is -1.37. The second kappa shape index (κ2) is 7.22. The van der Waals surface area contributed by atoms with Gasteiger partial charge in [0, 0.05) is 6.92 Å². The number of amidine groups is 1. The maximum absolute atomic E-state index is 12.1. The molecule has 0 spiro atoms. The Balaban J connectivity index is 1.80. The number of ketones is 1. The van der Waals surface area contributed by atoms with Gasteiger partial charge >= 0.3 is 5.97 Å². The predicted molar refractivity (Wildman–Crippen MR) is 101 cm³/mol. The quantitative estimate of drug-likeness (QED) is 0.616. The van der Waals surface area contributed by atoms with E-state index in [9.17, 15) is 14.4 Å². The SMILES string of the molecule is CC(=O)c1sc(/N=C2\NC(=O)/C(=C/c3ccc(C(=O)O)cc3)S2)nc1C. The molecule has 2 heterocycles. The number of benzene rings is 1. The Kier molecular flexibility index (Phi) is 5.01. The summed E-state index contributed by atoms with van der Waals surface area (Å²) in [6, 6.07) is 6.21. The van der Waals surface area contributed by atoms with Gasteiger partial charge in [0.2, 0.25) is 5.13 Å². The molecule has 1 fully saturated rings. The van der Waals surface area contributed by atoms with Gasteiger partial charge in [-0.3, -0.25) is 9.59 Å². The normalized spacial score (nSPS) is 16.9. The second-order valence-corrected chi connectivity index (χ2v) is 7.38. The Hall–Kier alpha value is -2.78. The van der Waals surface area contributed by atoms with Crippen LogP contribution in [0, 0.1) is 6.92 Å². The minimum Gasteiger partial charge on any atom is -0.478 e. The second-order valence-electron chi connectivity index (χ2n) is 5.38. The first kappa shape index (κ1) is 18.0. The highest BCUT2D eigenvalue weighted by Crippen LogP contribution is 2.31. The van der Waals surface area contributed by atoms with Crippen molar-refractivity contribution in [3.05, 3.63) is 50.9 Å². The maximum Gasteiger partial charge on any atom is 0.335 e. The fraction of sp³-hybridized carbons (Fsp3) is 0.118. The van der Waals surface area contributed by atoms with Crippen molar-refractivity contribution in [2.45, 2.75) is 13.8 Å². The van der Waals surface area contributed by atoms with Crippen LogP contribution in [-0.2, 0) is 4.79 Å². The number of thiazole rings is 1. The topological polar surface area (TPSA) is 109 Å². The summed E-state index contributed by atoms with van der Waals surface area (Å²) in [7, 11) is 0. The molecule has 7 nitrogen and oxygen atoms in total. The van der Waals surface area contributed by atoms with Crippen LogP contribution < -0.4 is 5.32 Å². The summed E-state index contributed by atoms with van der Waals surface area (Å²) in [6.07, 6.45) is 1.66. The molecule has 26 heavy (non-hydrogen) atoms. The van der Waals surface area contributed by atoms with Crippen molar-refractivity contribution < 1.29 is 19.5 Å². The summed E-state index contributed by atoms with van der Waals surface area (Å²) in [4.78, 5) is 43.9. The monoisotopic (exact) mass is 387 g/mol. The molecule has 1 saturated heterocycles. The van der Waals surface area contributed by atoms with E-state index < -0.39 is 5.97 Å². The van der Waals surface area contributed by atoms with Gasteiger partial charge in [-0.05, 0) is 42.5 Å². The average molecular weight is 387 g/mol. The van der Waals surface area contributed by atoms with Crippen LogP contribution in [0.1, 0.15) is 38.2 Å². The van der Waals surface area contributed by atoms with Crippen molar-refractivity contribution in [3.63, 3.8) is 0 Å². The molecule has 1 aromatic heterocycles. The Morgan fingerprint density at radius 1 is 1.27 bits per heavy atom. The van der Waals surface area contributed by atoms with Gasteiger partial charge in [0.05, 0.1) is 21.0 Å². The zero-order chi connectivity index (χ0) is 18.8. The van der Waals surface area contributed by atoms with Crippen LogP contribution in [0.2, 0.25) is 0 Å². The molecule has 0 bridgehead atoms. The third-order valence-electron chi connectivity index (χ3n) is 3.41. The molecule has 0 unspecified atom stereocenters. The molecule has 1 aliphatic heterocycles. The number of aliphatic imine (C=N–C) groups is 1. The van der Waals surface area contributed by atoms with Crippen LogP contribution in [0.15, 0.2) is 34.2 Å². The lowest BCUT2D eigenvalue weighted by Crippen LogP contribution is -2.19. The lowest BCUT2D eigenvalue weighted by atomic mass is 10.1. The highest BCUT2D eigenvalue weighted by Gasteiger charge is 2.24. The molecule has 132 valence electrons. The molecule has 0 saturated carbocycles. The fourth-order valence-electron chi connectivity index (χ4n) is 2.20. The Morgan fingerprint density at radius 2 is 1.96 bits per heavy atom. The smallest absolute Gasteiger partial charge is 0.335 e. The van der Waals surface area contributed by atoms with Crippen molar-refractivity contribution in [1.29, 1.82) is 0 Å². The number of thioether (sulfide) groups is 1. The number of aromatic carboxylic acids is 1. The number of aryl methyl sites for hydroxylation is 1. The summed E-state index contributed by atoms with van der Waals surface area (Å²) >= 11 is 2.34. The van der Waals surface area contributed by atoms with Crippen LogP contribution in [0.4, 0.5) is 5.13 Å². The zero-order valence-electron chi connectivity index (χ0n) is 13.8. The van der Waals surface area contributed by atoms with E-state index >= 15 is 0 Å². The third-order valence-corrected chi connectivity index (χ3v) is 5.47. The molecule has 2 N–H and O–H groups in total. The minimum absolute atomic E-state index is 0.0695. The first-order chi connectivity index (χ1) is 12.3. The van der Waals surface area contributed by atoms with Crippen molar-refractivity contribution in [1.82, 2.24) is 10.3 Å². The Labute approximate surface area is 156 Å². The molecule has 1 aliphatic rings. The van der Waals surface area contributed by atoms with Crippen LogP contribution >= 0.6 is 23.1 Å². The van der Waals surface area contributed by atoms with Gasteiger partial charge in [-0.1, -0.05) is 23.5 Å². The third kappa shape index (κ3) is 3.89. The predicted octanol–water partition coefficient (Wildman–Crippen LogP) is 3.24. The van der Waals surface area contributed by atoms with Gasteiger partial charge in [-0.15, -0.1) is 0 Å². The number of carbonyl (C=O) groups excluding carboxylic acids is 2. The molecule has 0 atom stereocenters. The standard InChI is InChI=1S/C17H13N3O4S2/c1-8-13(9(2)21)26-16(18-8)20-17-19-14(22)12(25-17)7-10-3-5-11(6-4-10)15(23)24/h3-7H,1-2H3,(H,23,24)(H,18,19,20,22)/b12-7-. The average Bonchev–Trinajstić information content (AvgIpc) is 3.11. The number of nitrogens with one attached hydrogen (secondary N) is 1. The van der Waals surface area contributed by atoms with E-state index in [1.54, 1.807) is 25.1 Å². The summed E-state index contributed by atoms with van der Waals surface area (Å²) in [5, 5.41) is 12.3. The van der Waals surface area contributed by atoms with E-state index in [1.165, 1.54) is 30.4 Å². The van der Waals surface area contributed by atoms with Crippen LogP contribution in [0.25, 0.3) is 6.08 Å². The molecule has 0 aliphatic carbocycles. The number of hydrogen-bond donors (Lipinski definition) is 2.